The number of aliphatic hydroxyl groups is 4. The van der Waals surface area contributed by atoms with Crippen molar-refractivity contribution < 1.29 is 53.9 Å². The Hall–Kier alpha value is -0.660. The SMILES string of the molecule is N[C@H]1[C@H]([C@H](O)[C@H](O)COP(=O)(O)O)O[C@](O)(C(=O)O)C[C@@H]1O. The molecule has 0 amide bonds. The zero-order valence-electron chi connectivity index (χ0n) is 11.1. The van der Waals surface area contributed by atoms with Gasteiger partial charge < -0.3 is 45.8 Å². The highest BCUT2D eigenvalue weighted by atomic mass is 31.2. The van der Waals surface area contributed by atoms with E-state index in [2.05, 4.69) is 4.52 Å². The van der Waals surface area contributed by atoms with Gasteiger partial charge in [0.05, 0.1) is 18.8 Å². The fourth-order valence-corrected chi connectivity index (χ4v) is 2.26. The number of hydrogen-bond acceptors (Lipinski definition) is 9. The number of nitrogens with two attached hydrogens (primary N) is 1. The first-order valence-corrected chi connectivity index (χ1v) is 7.54. The molecule has 1 fully saturated rings. The quantitative estimate of drug-likeness (QED) is 0.216. The van der Waals surface area contributed by atoms with Crippen molar-refractivity contribution in [2.45, 2.75) is 42.7 Å². The van der Waals surface area contributed by atoms with Crippen LogP contribution in [-0.4, -0.2) is 84.1 Å². The van der Waals surface area contributed by atoms with E-state index in [-0.39, 0.29) is 0 Å². The fourth-order valence-electron chi connectivity index (χ4n) is 1.92. The van der Waals surface area contributed by atoms with E-state index in [4.69, 9.17) is 25.4 Å². The van der Waals surface area contributed by atoms with Crippen molar-refractivity contribution in [3.63, 3.8) is 0 Å². The minimum Gasteiger partial charge on any atom is -0.477 e. The van der Waals surface area contributed by atoms with Crippen LogP contribution in [0.5, 0.6) is 0 Å². The molecule has 6 atom stereocenters. The van der Waals surface area contributed by atoms with E-state index in [1.807, 2.05) is 0 Å². The molecule has 22 heavy (non-hydrogen) atoms. The van der Waals surface area contributed by atoms with Gasteiger partial charge in [-0.2, -0.15) is 0 Å². The summed E-state index contributed by atoms with van der Waals surface area (Å²) in [6, 6.07) is -1.36. The summed E-state index contributed by atoms with van der Waals surface area (Å²) in [5.41, 5.74) is 5.52. The summed E-state index contributed by atoms with van der Waals surface area (Å²) in [7, 11) is -4.90. The molecular formula is C9H18NO11P. The van der Waals surface area contributed by atoms with Gasteiger partial charge in [-0.3, -0.25) is 4.52 Å². The van der Waals surface area contributed by atoms with Crippen molar-refractivity contribution in [2.24, 2.45) is 5.73 Å². The Bertz CT molecular complexity index is 455. The number of carbonyl (C=O) groups is 1. The normalized spacial score (nSPS) is 35.9. The third-order valence-electron chi connectivity index (χ3n) is 3.12. The largest absolute Gasteiger partial charge is 0.477 e. The number of phosphoric ester groups is 1. The van der Waals surface area contributed by atoms with Gasteiger partial charge in [-0.15, -0.1) is 0 Å². The summed E-state index contributed by atoms with van der Waals surface area (Å²) in [6.45, 7) is -1.01. The second-order valence-electron chi connectivity index (χ2n) is 4.87. The van der Waals surface area contributed by atoms with Crippen molar-refractivity contribution in [1.29, 1.82) is 0 Å². The molecule has 0 aliphatic carbocycles. The zero-order valence-corrected chi connectivity index (χ0v) is 12.0. The molecule has 1 saturated heterocycles. The number of aliphatic hydroxyl groups excluding tert-OH is 3. The maximum atomic E-state index is 10.9. The summed E-state index contributed by atoms with van der Waals surface area (Å²) in [4.78, 5) is 27.9. The van der Waals surface area contributed by atoms with E-state index in [0.29, 0.717) is 0 Å². The van der Waals surface area contributed by atoms with E-state index >= 15 is 0 Å². The van der Waals surface area contributed by atoms with Crippen molar-refractivity contribution in [2.75, 3.05) is 6.61 Å². The summed E-state index contributed by atoms with van der Waals surface area (Å²) in [5.74, 6) is -4.67. The topological polar surface area (TPSA) is 220 Å². The smallest absolute Gasteiger partial charge is 0.469 e. The van der Waals surface area contributed by atoms with Crippen LogP contribution in [0.4, 0.5) is 0 Å². The molecule has 0 aromatic rings. The highest BCUT2D eigenvalue weighted by Crippen LogP contribution is 2.36. The van der Waals surface area contributed by atoms with Crippen LogP contribution in [0.2, 0.25) is 0 Å². The first-order valence-electron chi connectivity index (χ1n) is 6.01. The van der Waals surface area contributed by atoms with Crippen molar-refractivity contribution >= 4 is 13.8 Å². The highest BCUT2D eigenvalue weighted by Gasteiger charge is 2.52. The van der Waals surface area contributed by atoms with Gasteiger partial charge in [0.2, 0.25) is 0 Å². The second-order valence-corrected chi connectivity index (χ2v) is 6.10. The van der Waals surface area contributed by atoms with Crippen LogP contribution in [0.15, 0.2) is 0 Å². The Morgan fingerprint density at radius 2 is 2.00 bits per heavy atom. The van der Waals surface area contributed by atoms with E-state index < -0.39 is 63.1 Å². The maximum absolute atomic E-state index is 10.9. The predicted molar refractivity (Wildman–Crippen MR) is 66.1 cm³/mol. The molecule has 130 valence electrons. The van der Waals surface area contributed by atoms with Crippen LogP contribution in [0, 0.1) is 0 Å². The van der Waals surface area contributed by atoms with Crippen LogP contribution >= 0.6 is 7.82 Å². The molecule has 1 aliphatic heterocycles. The second kappa shape index (κ2) is 6.84. The number of hydrogen-bond donors (Lipinski definition) is 8. The number of carboxylic acid groups (broad SMARTS) is 1. The van der Waals surface area contributed by atoms with Gasteiger partial charge in [0.1, 0.15) is 18.3 Å². The number of carboxylic acids is 1. The van der Waals surface area contributed by atoms with Crippen LogP contribution in [0.3, 0.4) is 0 Å². The molecule has 0 bridgehead atoms. The first kappa shape index (κ1) is 19.4. The Morgan fingerprint density at radius 3 is 2.45 bits per heavy atom. The Morgan fingerprint density at radius 1 is 1.45 bits per heavy atom. The molecule has 1 heterocycles. The molecule has 0 aromatic heterocycles. The number of ether oxygens (including phenoxy) is 1. The van der Waals surface area contributed by atoms with Crippen LogP contribution in [-0.2, 0) is 18.6 Å². The molecular weight excluding hydrogens is 329 g/mol. The standard InChI is InChI=1S/C9H18NO11P/c10-5-3(11)1-9(16,8(14)15)21-7(5)6(13)4(12)2-20-22(17,18)19/h3-7,11-13,16H,1-2,10H2,(H,14,15)(H2,17,18,19)/t3-,4+,5+,6+,7+,9-/m0/s1. The summed E-state index contributed by atoms with van der Waals surface area (Å²) in [5, 5.41) is 47.6. The molecule has 13 heteroatoms. The van der Waals surface area contributed by atoms with Crippen LogP contribution in [0.1, 0.15) is 6.42 Å². The first-order chi connectivity index (χ1) is 9.87. The Labute approximate surface area is 123 Å². The van der Waals surface area contributed by atoms with Crippen LogP contribution in [0.25, 0.3) is 0 Å². The van der Waals surface area contributed by atoms with Gasteiger partial charge in [-0.25, -0.2) is 9.36 Å². The van der Waals surface area contributed by atoms with Gasteiger partial charge in [-0.05, 0) is 0 Å². The average Bonchev–Trinajstić information content (AvgIpc) is 2.38. The summed E-state index contributed by atoms with van der Waals surface area (Å²) < 4.78 is 19.2. The van der Waals surface area contributed by atoms with Gasteiger partial charge in [0, 0.05) is 6.42 Å². The monoisotopic (exact) mass is 347 g/mol. The van der Waals surface area contributed by atoms with E-state index in [9.17, 15) is 29.8 Å². The molecule has 0 spiro atoms. The molecule has 0 unspecified atom stereocenters. The molecule has 9 N–H and O–H groups in total. The van der Waals surface area contributed by atoms with Crippen molar-refractivity contribution in [3.05, 3.63) is 0 Å². The lowest BCUT2D eigenvalue weighted by atomic mass is 9.89. The molecule has 1 aliphatic rings. The number of rotatable bonds is 6. The van der Waals surface area contributed by atoms with Gasteiger partial charge in [-0.1, -0.05) is 0 Å². The molecule has 0 radical (unpaired) electrons. The zero-order chi connectivity index (χ0) is 17.3. The van der Waals surface area contributed by atoms with Gasteiger partial charge in [0.25, 0.3) is 5.79 Å². The summed E-state index contributed by atoms with van der Waals surface area (Å²) >= 11 is 0. The van der Waals surface area contributed by atoms with E-state index in [0.717, 1.165) is 0 Å². The minimum absolute atomic E-state index is 0.762. The van der Waals surface area contributed by atoms with Gasteiger partial charge >= 0.3 is 13.8 Å². The number of phosphoric acid groups is 1. The lowest BCUT2D eigenvalue weighted by Crippen LogP contribution is -2.65. The lowest BCUT2D eigenvalue weighted by molar-refractivity contribution is -0.292. The van der Waals surface area contributed by atoms with Gasteiger partial charge in [0.15, 0.2) is 0 Å². The van der Waals surface area contributed by atoms with Crippen molar-refractivity contribution in [3.8, 4) is 0 Å². The molecule has 0 aromatic carbocycles. The lowest BCUT2D eigenvalue weighted by Gasteiger charge is -2.43. The minimum atomic E-state index is -4.90. The third kappa shape index (κ3) is 4.67. The molecule has 12 nitrogen and oxygen atoms in total. The maximum Gasteiger partial charge on any atom is 0.469 e. The highest BCUT2D eigenvalue weighted by molar-refractivity contribution is 7.46. The summed E-state index contributed by atoms with van der Waals surface area (Å²) in [6.07, 6.45) is -7.96. The Kier molecular flexibility index (Phi) is 6.03. The average molecular weight is 347 g/mol. The third-order valence-corrected chi connectivity index (χ3v) is 3.60. The predicted octanol–water partition coefficient (Wildman–Crippen LogP) is -3.93. The van der Waals surface area contributed by atoms with Crippen LogP contribution < -0.4 is 5.73 Å². The van der Waals surface area contributed by atoms with Crippen molar-refractivity contribution in [1.82, 2.24) is 0 Å². The van der Waals surface area contributed by atoms with E-state index in [1.54, 1.807) is 0 Å². The molecule has 0 saturated carbocycles. The van der Waals surface area contributed by atoms with E-state index in [1.165, 1.54) is 0 Å². The fraction of sp³-hybridized carbons (Fsp3) is 0.889. The number of aliphatic carboxylic acids is 1. The molecule has 1 rings (SSSR count). The Balaban J connectivity index is 2.82.